The SMILES string of the molecule is CCOC(=O)CCN(C(=O)c1ccc(NC)c(N=Nc2cc(C(=O)N(CCC(=O)OCC)c3ccccn3)ccc2NC)c1)c1ccccn1. The Hall–Kier alpha value is -6.18. The Bertz CT molecular complexity index is 1670. The summed E-state index contributed by atoms with van der Waals surface area (Å²) in [5, 5.41) is 15.1. The Morgan fingerprint density at radius 1 is 0.640 bits per heavy atom. The molecule has 4 rings (SSSR count). The number of amides is 2. The van der Waals surface area contributed by atoms with Gasteiger partial charge in [0.25, 0.3) is 11.8 Å². The van der Waals surface area contributed by atoms with E-state index in [4.69, 9.17) is 9.47 Å². The standard InChI is InChI=1S/C36H40N8O6/c1-5-49-33(45)17-21-43(31-11-7-9-19-39-31)35(47)25-13-15-27(37-3)29(23-25)41-42-30-24-26(14-16-28(30)38-4)36(48)44(22-18-34(46)50-6-2)32-12-8-10-20-40-32/h7-16,19-20,23-24,37-38H,5-6,17-18,21-22H2,1-4H3. The number of nitrogens with one attached hydrogen (secondary N) is 2. The first kappa shape index (κ1) is 36.7. The molecule has 0 aliphatic rings. The maximum absolute atomic E-state index is 13.8. The van der Waals surface area contributed by atoms with Gasteiger partial charge in [-0.25, -0.2) is 9.97 Å². The van der Waals surface area contributed by atoms with Gasteiger partial charge in [-0.1, -0.05) is 12.1 Å². The Kier molecular flexibility index (Phi) is 13.5. The van der Waals surface area contributed by atoms with Crippen molar-refractivity contribution in [1.29, 1.82) is 0 Å². The van der Waals surface area contributed by atoms with E-state index < -0.39 is 23.8 Å². The van der Waals surface area contributed by atoms with Crippen LogP contribution < -0.4 is 20.4 Å². The van der Waals surface area contributed by atoms with Crippen LogP contribution in [0.1, 0.15) is 47.4 Å². The molecule has 0 fully saturated rings. The number of hydrogen-bond acceptors (Lipinski definition) is 12. The van der Waals surface area contributed by atoms with Gasteiger partial charge in [0.05, 0.1) is 37.4 Å². The maximum atomic E-state index is 13.8. The minimum atomic E-state index is -0.426. The molecule has 0 aliphatic carbocycles. The van der Waals surface area contributed by atoms with Gasteiger partial charge in [0.1, 0.15) is 23.0 Å². The zero-order valence-electron chi connectivity index (χ0n) is 28.5. The van der Waals surface area contributed by atoms with Crippen LogP contribution in [0.3, 0.4) is 0 Å². The molecule has 0 unspecified atom stereocenters. The van der Waals surface area contributed by atoms with Crippen LogP contribution in [-0.2, 0) is 19.1 Å². The highest BCUT2D eigenvalue weighted by Crippen LogP contribution is 2.33. The Balaban J connectivity index is 1.65. The molecule has 0 aliphatic heterocycles. The average Bonchev–Trinajstić information content (AvgIpc) is 3.14. The molecule has 14 heteroatoms. The summed E-state index contributed by atoms with van der Waals surface area (Å²) in [6.07, 6.45) is 3.11. The zero-order chi connectivity index (χ0) is 35.9. The van der Waals surface area contributed by atoms with E-state index >= 15 is 0 Å². The van der Waals surface area contributed by atoms with E-state index in [9.17, 15) is 19.2 Å². The molecule has 0 saturated carbocycles. The number of hydrogen-bond donors (Lipinski definition) is 2. The minimum absolute atomic E-state index is 0.0141. The lowest BCUT2D eigenvalue weighted by atomic mass is 10.1. The summed E-state index contributed by atoms with van der Waals surface area (Å²) in [6, 6.07) is 20.2. The molecular formula is C36H40N8O6. The number of anilines is 4. The number of carbonyl (C=O) groups is 4. The van der Waals surface area contributed by atoms with Crippen LogP contribution in [0.4, 0.5) is 34.4 Å². The highest BCUT2D eigenvalue weighted by Gasteiger charge is 2.23. The summed E-state index contributed by atoms with van der Waals surface area (Å²) in [6.45, 7) is 4.03. The molecule has 14 nitrogen and oxygen atoms in total. The average molecular weight is 681 g/mol. The number of rotatable bonds is 16. The van der Waals surface area contributed by atoms with E-state index in [-0.39, 0.29) is 50.3 Å². The van der Waals surface area contributed by atoms with Crippen molar-refractivity contribution < 1.29 is 28.7 Å². The molecule has 0 saturated heterocycles. The summed E-state index contributed by atoms with van der Waals surface area (Å²) < 4.78 is 10.1. The van der Waals surface area contributed by atoms with Crippen LogP contribution in [0.15, 0.2) is 95.4 Å². The predicted octanol–water partition coefficient (Wildman–Crippen LogP) is 6.18. The third-order valence-corrected chi connectivity index (χ3v) is 7.33. The van der Waals surface area contributed by atoms with E-state index in [1.54, 1.807) is 113 Å². The van der Waals surface area contributed by atoms with Crippen molar-refractivity contribution in [1.82, 2.24) is 9.97 Å². The molecule has 2 aromatic heterocycles. The number of carbonyl (C=O) groups excluding carboxylic acids is 4. The van der Waals surface area contributed by atoms with Crippen LogP contribution in [-0.4, -0.2) is 74.1 Å². The zero-order valence-corrected chi connectivity index (χ0v) is 28.5. The van der Waals surface area contributed by atoms with E-state index in [2.05, 4.69) is 30.8 Å². The molecule has 2 amide bonds. The fourth-order valence-electron chi connectivity index (χ4n) is 4.88. The number of pyridine rings is 2. The summed E-state index contributed by atoms with van der Waals surface area (Å²) in [4.78, 5) is 63.4. The van der Waals surface area contributed by atoms with Crippen LogP contribution in [0, 0.1) is 0 Å². The van der Waals surface area contributed by atoms with E-state index in [0.29, 0.717) is 34.4 Å². The molecule has 2 N–H and O–H groups in total. The maximum Gasteiger partial charge on any atom is 0.307 e. The smallest absolute Gasteiger partial charge is 0.307 e. The molecule has 0 spiro atoms. The molecule has 0 bridgehead atoms. The second-order valence-electron chi connectivity index (χ2n) is 10.6. The monoisotopic (exact) mass is 680 g/mol. The van der Waals surface area contributed by atoms with Crippen molar-refractivity contribution in [2.45, 2.75) is 26.7 Å². The van der Waals surface area contributed by atoms with Crippen molar-refractivity contribution in [3.05, 3.63) is 96.3 Å². The molecule has 50 heavy (non-hydrogen) atoms. The van der Waals surface area contributed by atoms with Crippen LogP contribution in [0.5, 0.6) is 0 Å². The Labute approximate surface area is 290 Å². The van der Waals surface area contributed by atoms with Gasteiger partial charge < -0.3 is 20.1 Å². The van der Waals surface area contributed by atoms with E-state index in [1.165, 1.54) is 9.80 Å². The van der Waals surface area contributed by atoms with Crippen LogP contribution in [0.25, 0.3) is 0 Å². The molecule has 4 aromatic rings. The summed E-state index contributed by atoms with van der Waals surface area (Å²) in [5.74, 6) is -0.885. The van der Waals surface area contributed by atoms with Crippen LogP contribution >= 0.6 is 0 Å². The number of nitrogens with zero attached hydrogens (tertiary/aromatic N) is 6. The summed E-state index contributed by atoms with van der Waals surface area (Å²) >= 11 is 0. The van der Waals surface area contributed by atoms with E-state index in [0.717, 1.165) is 0 Å². The summed E-state index contributed by atoms with van der Waals surface area (Å²) in [5.41, 5.74) is 2.48. The largest absolute Gasteiger partial charge is 0.466 e. The van der Waals surface area contributed by atoms with Crippen LogP contribution in [0.2, 0.25) is 0 Å². The van der Waals surface area contributed by atoms with Gasteiger partial charge in [-0.3, -0.25) is 29.0 Å². The lowest BCUT2D eigenvalue weighted by molar-refractivity contribution is -0.143. The van der Waals surface area contributed by atoms with Gasteiger partial charge in [0, 0.05) is 50.7 Å². The lowest BCUT2D eigenvalue weighted by Crippen LogP contribution is -2.34. The topological polar surface area (TPSA) is 168 Å². The highest BCUT2D eigenvalue weighted by molar-refractivity contribution is 6.07. The second kappa shape index (κ2) is 18.4. The number of esters is 2. The fraction of sp³-hybridized carbons (Fsp3) is 0.278. The second-order valence-corrected chi connectivity index (χ2v) is 10.6. The van der Waals surface area contributed by atoms with Crippen molar-refractivity contribution in [3.63, 3.8) is 0 Å². The molecular weight excluding hydrogens is 640 g/mol. The fourth-order valence-corrected chi connectivity index (χ4v) is 4.88. The van der Waals surface area contributed by atoms with Gasteiger partial charge in [-0.15, -0.1) is 10.2 Å². The normalized spacial score (nSPS) is 10.7. The molecule has 0 radical (unpaired) electrons. The number of aromatic nitrogens is 2. The quantitative estimate of drug-likeness (QED) is 0.103. The van der Waals surface area contributed by atoms with Crippen molar-refractivity contribution >= 4 is 58.1 Å². The molecule has 2 aromatic carbocycles. The number of azo groups is 1. The van der Waals surface area contributed by atoms with Gasteiger partial charge >= 0.3 is 11.9 Å². The number of ether oxygens (including phenoxy) is 2. The van der Waals surface area contributed by atoms with Crippen molar-refractivity contribution in [2.75, 3.05) is 60.8 Å². The first-order valence-electron chi connectivity index (χ1n) is 16.1. The predicted molar refractivity (Wildman–Crippen MR) is 190 cm³/mol. The third kappa shape index (κ3) is 9.69. The molecule has 260 valence electrons. The third-order valence-electron chi connectivity index (χ3n) is 7.33. The molecule has 0 atom stereocenters. The number of benzene rings is 2. The lowest BCUT2D eigenvalue weighted by Gasteiger charge is -2.22. The first-order chi connectivity index (χ1) is 24.3. The van der Waals surface area contributed by atoms with Gasteiger partial charge in [-0.2, -0.15) is 0 Å². The minimum Gasteiger partial charge on any atom is -0.466 e. The van der Waals surface area contributed by atoms with Gasteiger partial charge in [-0.05, 0) is 74.5 Å². The van der Waals surface area contributed by atoms with Crippen molar-refractivity contribution in [3.8, 4) is 0 Å². The van der Waals surface area contributed by atoms with Crippen molar-refractivity contribution in [2.24, 2.45) is 10.2 Å². The summed E-state index contributed by atoms with van der Waals surface area (Å²) in [7, 11) is 3.44. The van der Waals surface area contributed by atoms with Gasteiger partial charge in [0.15, 0.2) is 0 Å². The highest BCUT2D eigenvalue weighted by atomic mass is 16.5. The van der Waals surface area contributed by atoms with Gasteiger partial charge in [0.2, 0.25) is 0 Å². The first-order valence-corrected chi connectivity index (χ1v) is 16.1. The Morgan fingerprint density at radius 2 is 1.06 bits per heavy atom. The molecule has 2 heterocycles. The Morgan fingerprint density at radius 3 is 1.40 bits per heavy atom. The van der Waals surface area contributed by atoms with E-state index in [1.807, 2.05) is 0 Å².